The van der Waals surface area contributed by atoms with E-state index in [1.165, 1.54) is 6.07 Å². The quantitative estimate of drug-likeness (QED) is 0.528. The van der Waals surface area contributed by atoms with Crippen LogP contribution in [0.15, 0.2) is 28.7 Å². The molecule has 0 aliphatic carbocycles. The Hall–Kier alpha value is -2.09. The molecule has 21 heavy (non-hydrogen) atoms. The molecule has 8 heteroatoms. The van der Waals surface area contributed by atoms with Gasteiger partial charge in [-0.25, -0.2) is 22.5 Å². The number of halogens is 5. The van der Waals surface area contributed by atoms with E-state index in [2.05, 4.69) is 20.9 Å². The van der Waals surface area contributed by atoms with Crippen molar-refractivity contribution < 1.29 is 17.6 Å². The first kappa shape index (κ1) is 13.9. The van der Waals surface area contributed by atoms with Gasteiger partial charge in [-0.05, 0) is 34.1 Å². The zero-order valence-electron chi connectivity index (χ0n) is 10.2. The van der Waals surface area contributed by atoms with E-state index in [1.807, 2.05) is 0 Å². The zero-order chi connectivity index (χ0) is 15.3. The second kappa shape index (κ2) is 4.73. The fourth-order valence-electron chi connectivity index (χ4n) is 2.03. The Morgan fingerprint density at radius 2 is 1.71 bits per heavy atom. The average Bonchev–Trinajstić information content (AvgIpc) is 2.73. The fraction of sp³-hybridized carbons (Fsp3) is 0. The molecule has 0 atom stereocenters. The minimum Gasteiger partial charge on any atom is -0.369 e. The van der Waals surface area contributed by atoms with Crippen molar-refractivity contribution in [1.82, 2.24) is 9.55 Å². The van der Waals surface area contributed by atoms with E-state index < -0.39 is 23.3 Å². The number of rotatable bonds is 1. The smallest absolute Gasteiger partial charge is 0.206 e. The van der Waals surface area contributed by atoms with Gasteiger partial charge in [-0.1, -0.05) is 0 Å². The lowest BCUT2D eigenvalue weighted by molar-refractivity contribution is 0.445. The van der Waals surface area contributed by atoms with Crippen LogP contribution in [0.5, 0.6) is 0 Å². The second-order valence-corrected chi connectivity index (χ2v) is 5.11. The Labute approximate surface area is 124 Å². The third-order valence-corrected chi connectivity index (χ3v) is 3.59. The molecule has 2 aromatic carbocycles. The summed E-state index contributed by atoms with van der Waals surface area (Å²) < 4.78 is 54.9. The van der Waals surface area contributed by atoms with Gasteiger partial charge in [-0.2, -0.15) is 0 Å². The SMILES string of the molecule is Nc1nc2cc(F)c(Br)cc2n1-c1ccc(F)c(F)c1F. The summed E-state index contributed by atoms with van der Waals surface area (Å²) in [5, 5.41) is 0. The van der Waals surface area contributed by atoms with Crippen molar-refractivity contribution in [3.05, 3.63) is 52.0 Å². The molecule has 0 saturated carbocycles. The van der Waals surface area contributed by atoms with Crippen LogP contribution in [-0.4, -0.2) is 9.55 Å². The van der Waals surface area contributed by atoms with Crippen LogP contribution in [0.3, 0.4) is 0 Å². The van der Waals surface area contributed by atoms with Crippen LogP contribution in [-0.2, 0) is 0 Å². The third kappa shape index (κ3) is 2.06. The summed E-state index contributed by atoms with van der Waals surface area (Å²) in [7, 11) is 0. The summed E-state index contributed by atoms with van der Waals surface area (Å²) in [6, 6.07) is 4.23. The van der Waals surface area contributed by atoms with Crippen LogP contribution >= 0.6 is 15.9 Å². The lowest BCUT2D eigenvalue weighted by Crippen LogP contribution is -2.05. The highest BCUT2D eigenvalue weighted by molar-refractivity contribution is 9.10. The van der Waals surface area contributed by atoms with Gasteiger partial charge in [0.15, 0.2) is 17.5 Å². The topological polar surface area (TPSA) is 43.8 Å². The van der Waals surface area contributed by atoms with Crippen molar-refractivity contribution in [2.24, 2.45) is 0 Å². The molecule has 1 heterocycles. The summed E-state index contributed by atoms with van der Waals surface area (Å²) in [5.74, 6) is -5.08. The van der Waals surface area contributed by atoms with E-state index in [9.17, 15) is 17.6 Å². The number of hydrogen-bond acceptors (Lipinski definition) is 2. The van der Waals surface area contributed by atoms with Crippen LogP contribution in [0.2, 0.25) is 0 Å². The first-order valence-corrected chi connectivity index (χ1v) is 6.46. The maximum Gasteiger partial charge on any atom is 0.206 e. The van der Waals surface area contributed by atoms with Gasteiger partial charge in [0, 0.05) is 6.07 Å². The van der Waals surface area contributed by atoms with E-state index in [0.29, 0.717) is 0 Å². The van der Waals surface area contributed by atoms with Gasteiger partial charge in [-0.3, -0.25) is 4.57 Å². The summed E-state index contributed by atoms with van der Waals surface area (Å²) >= 11 is 2.99. The van der Waals surface area contributed by atoms with Gasteiger partial charge < -0.3 is 5.73 Å². The number of hydrogen-bond donors (Lipinski definition) is 1. The van der Waals surface area contributed by atoms with Gasteiger partial charge in [0.25, 0.3) is 0 Å². The number of fused-ring (bicyclic) bond motifs is 1. The molecule has 2 N–H and O–H groups in total. The highest BCUT2D eigenvalue weighted by Gasteiger charge is 2.19. The van der Waals surface area contributed by atoms with Gasteiger partial charge in [0.2, 0.25) is 5.95 Å². The van der Waals surface area contributed by atoms with Gasteiger partial charge in [0.1, 0.15) is 5.82 Å². The highest BCUT2D eigenvalue weighted by Crippen LogP contribution is 2.29. The van der Waals surface area contributed by atoms with Crippen molar-refractivity contribution in [1.29, 1.82) is 0 Å². The van der Waals surface area contributed by atoms with Gasteiger partial charge in [-0.15, -0.1) is 0 Å². The lowest BCUT2D eigenvalue weighted by Gasteiger charge is -2.09. The van der Waals surface area contributed by atoms with E-state index in [1.54, 1.807) is 0 Å². The Balaban J connectivity index is 2.38. The number of aromatic nitrogens is 2. The molecule has 0 fully saturated rings. The number of nitrogens with two attached hydrogens (primary N) is 1. The highest BCUT2D eigenvalue weighted by atomic mass is 79.9. The molecule has 0 amide bonds. The second-order valence-electron chi connectivity index (χ2n) is 4.25. The van der Waals surface area contributed by atoms with Crippen LogP contribution < -0.4 is 5.73 Å². The van der Waals surface area contributed by atoms with Crippen molar-refractivity contribution >= 4 is 32.9 Å². The summed E-state index contributed by atoms with van der Waals surface area (Å²) in [4.78, 5) is 3.88. The molecule has 3 nitrogen and oxygen atoms in total. The number of nitrogens with zero attached hydrogens (tertiary/aromatic N) is 2. The van der Waals surface area contributed by atoms with Crippen molar-refractivity contribution in [3.63, 3.8) is 0 Å². The van der Waals surface area contributed by atoms with Crippen molar-refractivity contribution in [3.8, 4) is 5.69 Å². The average molecular weight is 360 g/mol. The first-order chi connectivity index (χ1) is 9.90. The predicted molar refractivity (Wildman–Crippen MR) is 73.0 cm³/mol. The minimum atomic E-state index is -1.62. The maximum absolute atomic E-state index is 13.9. The number of imidazole rings is 1. The molecule has 3 rings (SSSR count). The molecular formula is C13H6BrF4N3. The van der Waals surface area contributed by atoms with Crippen molar-refractivity contribution in [2.75, 3.05) is 5.73 Å². The fourth-order valence-corrected chi connectivity index (χ4v) is 2.36. The Bertz CT molecular complexity index is 876. The van der Waals surface area contributed by atoms with Crippen LogP contribution in [0.1, 0.15) is 0 Å². The van der Waals surface area contributed by atoms with Gasteiger partial charge in [0.05, 0.1) is 21.2 Å². The largest absolute Gasteiger partial charge is 0.369 e. The monoisotopic (exact) mass is 359 g/mol. The normalized spacial score (nSPS) is 11.3. The minimum absolute atomic E-state index is 0.110. The molecule has 0 aliphatic heterocycles. The number of benzene rings is 2. The Morgan fingerprint density at radius 3 is 2.43 bits per heavy atom. The first-order valence-electron chi connectivity index (χ1n) is 5.67. The summed E-state index contributed by atoms with van der Waals surface area (Å²) in [6.07, 6.45) is 0. The molecule has 0 spiro atoms. The Morgan fingerprint density at radius 1 is 1.00 bits per heavy atom. The molecule has 3 aromatic rings. The zero-order valence-corrected chi connectivity index (χ0v) is 11.8. The summed E-state index contributed by atoms with van der Waals surface area (Å²) in [5.41, 5.74) is 5.78. The van der Waals surface area contributed by atoms with E-state index >= 15 is 0 Å². The third-order valence-electron chi connectivity index (χ3n) is 2.98. The van der Waals surface area contributed by atoms with Crippen molar-refractivity contribution in [2.45, 2.75) is 0 Å². The summed E-state index contributed by atoms with van der Waals surface area (Å²) in [6.45, 7) is 0. The van der Waals surface area contributed by atoms with E-state index in [4.69, 9.17) is 5.73 Å². The van der Waals surface area contributed by atoms with Crippen LogP contribution in [0.4, 0.5) is 23.5 Å². The van der Waals surface area contributed by atoms with Crippen LogP contribution in [0.25, 0.3) is 16.7 Å². The lowest BCUT2D eigenvalue weighted by atomic mass is 10.2. The molecule has 108 valence electrons. The molecule has 0 bridgehead atoms. The molecule has 0 saturated heterocycles. The number of anilines is 1. The molecular weight excluding hydrogens is 354 g/mol. The Kier molecular flexibility index (Phi) is 3.12. The van der Waals surface area contributed by atoms with Gasteiger partial charge >= 0.3 is 0 Å². The predicted octanol–water partition coefficient (Wildman–Crippen LogP) is 3.93. The van der Waals surface area contributed by atoms with E-state index in [0.717, 1.165) is 22.8 Å². The van der Waals surface area contributed by atoms with E-state index in [-0.39, 0.29) is 27.1 Å². The number of nitrogen functional groups attached to an aromatic ring is 1. The molecule has 0 unspecified atom stereocenters. The molecule has 1 aromatic heterocycles. The standard InChI is InChI=1S/C13H6BrF4N3/c14-5-3-10-8(4-7(5)16)20-13(19)21(10)9-2-1-6(15)11(17)12(9)18/h1-4H,(H2,19,20). The van der Waals surface area contributed by atoms with Crippen LogP contribution in [0, 0.1) is 23.3 Å². The molecule has 0 aliphatic rings. The molecule has 0 radical (unpaired) electrons. The maximum atomic E-state index is 13.9.